The molecule has 0 aliphatic carbocycles. The minimum Gasteiger partial charge on any atom is -0.493 e. The van der Waals surface area contributed by atoms with Gasteiger partial charge in [0, 0.05) is 29.5 Å². The number of aryl methyl sites for hydroxylation is 2. The zero-order valence-electron chi connectivity index (χ0n) is 18.4. The first-order chi connectivity index (χ1) is 15.1. The highest BCUT2D eigenvalue weighted by Gasteiger charge is 2.19. The molecule has 0 N–H and O–H groups in total. The molecule has 1 unspecified atom stereocenters. The van der Waals surface area contributed by atoms with Crippen LogP contribution in [0.25, 0.3) is 16.9 Å². The van der Waals surface area contributed by atoms with Crippen LogP contribution in [0.3, 0.4) is 0 Å². The highest BCUT2D eigenvalue weighted by molar-refractivity contribution is 5.90. The Balaban J connectivity index is 1.72. The van der Waals surface area contributed by atoms with Crippen molar-refractivity contribution in [1.29, 1.82) is 0 Å². The molecule has 2 aromatic carbocycles. The molecular formula is C26H29NO4. The third-order valence-electron chi connectivity index (χ3n) is 5.60. The Morgan fingerprint density at radius 1 is 1.13 bits per heavy atom. The van der Waals surface area contributed by atoms with Crippen LogP contribution in [0.4, 0.5) is 0 Å². The monoisotopic (exact) mass is 419 g/mol. The van der Waals surface area contributed by atoms with Crippen LogP contribution in [0.15, 0.2) is 54.6 Å². The fourth-order valence-electron chi connectivity index (χ4n) is 3.97. The molecule has 3 aromatic rings. The molecule has 1 atom stereocenters. The normalized spacial score (nSPS) is 15.8. The lowest BCUT2D eigenvalue weighted by atomic mass is 10.1. The van der Waals surface area contributed by atoms with Gasteiger partial charge in [0.2, 0.25) is 0 Å². The lowest BCUT2D eigenvalue weighted by molar-refractivity contribution is 0.0526. The van der Waals surface area contributed by atoms with Crippen LogP contribution >= 0.6 is 0 Å². The van der Waals surface area contributed by atoms with Crippen LogP contribution in [0.1, 0.15) is 35.0 Å². The van der Waals surface area contributed by atoms with E-state index < -0.39 is 0 Å². The van der Waals surface area contributed by atoms with Crippen molar-refractivity contribution in [3.63, 3.8) is 0 Å². The molecule has 1 aromatic heterocycles. The van der Waals surface area contributed by atoms with Crippen molar-refractivity contribution >= 4 is 5.97 Å². The van der Waals surface area contributed by atoms with E-state index in [1.807, 2.05) is 31.2 Å². The van der Waals surface area contributed by atoms with Gasteiger partial charge in [-0.15, -0.1) is 0 Å². The second kappa shape index (κ2) is 9.40. The van der Waals surface area contributed by atoms with Gasteiger partial charge in [0.05, 0.1) is 31.1 Å². The van der Waals surface area contributed by atoms with E-state index in [1.54, 1.807) is 6.07 Å². The second-order valence-corrected chi connectivity index (χ2v) is 8.01. The highest BCUT2D eigenvalue weighted by atomic mass is 16.5. The predicted octanol–water partition coefficient (Wildman–Crippen LogP) is 5.35. The van der Waals surface area contributed by atoms with E-state index in [2.05, 4.69) is 42.7 Å². The molecule has 162 valence electrons. The van der Waals surface area contributed by atoms with Gasteiger partial charge in [-0.2, -0.15) is 0 Å². The summed E-state index contributed by atoms with van der Waals surface area (Å²) in [7, 11) is 0. The third-order valence-corrected chi connectivity index (χ3v) is 5.60. The predicted molar refractivity (Wildman–Crippen MR) is 121 cm³/mol. The maximum atomic E-state index is 12.3. The number of carbonyl (C=O) groups excluding carboxylic acids is 1. The average Bonchev–Trinajstić information content (AvgIpc) is 3.42. The minimum atomic E-state index is -0.311. The van der Waals surface area contributed by atoms with Crippen LogP contribution in [0.5, 0.6) is 5.75 Å². The van der Waals surface area contributed by atoms with Gasteiger partial charge in [-0.1, -0.05) is 17.7 Å². The van der Waals surface area contributed by atoms with Crippen LogP contribution in [0.2, 0.25) is 0 Å². The van der Waals surface area contributed by atoms with Crippen molar-refractivity contribution in [2.45, 2.75) is 27.2 Å². The standard InChI is InChI=1S/C26H29NO4/c1-4-30-26(28)21-6-5-7-22(15-21)27-19(3)9-10-24(27)23-14-18(2)8-11-25(23)31-17-20-12-13-29-16-20/h5-11,14-15,20H,4,12-13,16-17H2,1-3H3. The SMILES string of the molecule is CCOC(=O)c1cccc(-n2c(C)ccc2-c2cc(C)ccc2OCC2CCOC2)c1. The van der Waals surface area contributed by atoms with Gasteiger partial charge in [-0.25, -0.2) is 4.79 Å². The number of ether oxygens (including phenoxy) is 3. The molecule has 1 aliphatic rings. The summed E-state index contributed by atoms with van der Waals surface area (Å²) < 4.78 is 19.1. The van der Waals surface area contributed by atoms with Gasteiger partial charge in [0.15, 0.2) is 0 Å². The Kier molecular flexibility index (Phi) is 6.42. The van der Waals surface area contributed by atoms with E-state index in [0.29, 0.717) is 24.7 Å². The van der Waals surface area contributed by atoms with Crippen molar-refractivity contribution in [2.24, 2.45) is 5.92 Å². The molecule has 2 heterocycles. The van der Waals surface area contributed by atoms with Gasteiger partial charge in [-0.3, -0.25) is 0 Å². The van der Waals surface area contributed by atoms with Crippen molar-refractivity contribution < 1.29 is 19.0 Å². The molecule has 5 heteroatoms. The second-order valence-electron chi connectivity index (χ2n) is 8.01. The number of rotatable bonds is 7. The number of hydrogen-bond donors (Lipinski definition) is 0. The third kappa shape index (κ3) is 4.67. The quantitative estimate of drug-likeness (QED) is 0.484. The molecule has 0 radical (unpaired) electrons. The smallest absolute Gasteiger partial charge is 0.338 e. The summed E-state index contributed by atoms with van der Waals surface area (Å²) in [6.07, 6.45) is 1.04. The Hall–Kier alpha value is -3.05. The first-order valence-electron chi connectivity index (χ1n) is 10.8. The molecule has 0 bridgehead atoms. The topological polar surface area (TPSA) is 49.7 Å². The first-order valence-corrected chi connectivity index (χ1v) is 10.8. The molecule has 31 heavy (non-hydrogen) atoms. The van der Waals surface area contributed by atoms with Gasteiger partial charge in [-0.05, 0) is 69.7 Å². The lowest BCUT2D eigenvalue weighted by Gasteiger charge is -2.18. The van der Waals surface area contributed by atoms with E-state index in [1.165, 1.54) is 0 Å². The summed E-state index contributed by atoms with van der Waals surface area (Å²) in [6.45, 7) is 8.53. The summed E-state index contributed by atoms with van der Waals surface area (Å²) in [5.41, 5.74) is 5.76. The number of esters is 1. The minimum absolute atomic E-state index is 0.311. The van der Waals surface area contributed by atoms with E-state index in [-0.39, 0.29) is 5.97 Å². The molecule has 0 amide bonds. The summed E-state index contributed by atoms with van der Waals surface area (Å²) in [6, 6.07) is 18.0. The van der Waals surface area contributed by atoms with Crippen LogP contribution in [-0.4, -0.2) is 37.0 Å². The van der Waals surface area contributed by atoms with Crippen molar-refractivity contribution in [3.8, 4) is 22.7 Å². The molecule has 1 fully saturated rings. The average molecular weight is 420 g/mol. The summed E-state index contributed by atoms with van der Waals surface area (Å²) >= 11 is 0. The van der Waals surface area contributed by atoms with Crippen LogP contribution < -0.4 is 4.74 Å². The van der Waals surface area contributed by atoms with Crippen molar-refractivity contribution in [1.82, 2.24) is 4.57 Å². The Labute approximate surface area is 183 Å². The van der Waals surface area contributed by atoms with Gasteiger partial charge in [0.25, 0.3) is 0 Å². The van der Waals surface area contributed by atoms with Crippen molar-refractivity contribution in [3.05, 3.63) is 71.4 Å². The summed E-state index contributed by atoms with van der Waals surface area (Å²) in [5.74, 6) is 0.983. The number of nitrogens with zero attached hydrogens (tertiary/aromatic N) is 1. The summed E-state index contributed by atoms with van der Waals surface area (Å²) in [4.78, 5) is 12.3. The van der Waals surface area contributed by atoms with Crippen molar-refractivity contribution in [2.75, 3.05) is 26.4 Å². The molecule has 1 aliphatic heterocycles. The van der Waals surface area contributed by atoms with E-state index >= 15 is 0 Å². The molecule has 5 nitrogen and oxygen atoms in total. The Morgan fingerprint density at radius 3 is 2.77 bits per heavy atom. The maximum absolute atomic E-state index is 12.3. The lowest BCUT2D eigenvalue weighted by Crippen LogP contribution is -2.12. The van der Waals surface area contributed by atoms with E-state index in [9.17, 15) is 4.79 Å². The Bertz CT molecular complexity index is 1060. The number of aromatic nitrogens is 1. The molecule has 0 spiro atoms. The first kappa shape index (κ1) is 21.2. The molecule has 0 saturated carbocycles. The fourth-order valence-corrected chi connectivity index (χ4v) is 3.97. The zero-order chi connectivity index (χ0) is 21.8. The van der Waals surface area contributed by atoms with Gasteiger partial charge < -0.3 is 18.8 Å². The number of carbonyl (C=O) groups is 1. The summed E-state index contributed by atoms with van der Waals surface area (Å²) in [5, 5.41) is 0. The van der Waals surface area contributed by atoms with Gasteiger partial charge >= 0.3 is 5.97 Å². The number of hydrogen-bond acceptors (Lipinski definition) is 4. The maximum Gasteiger partial charge on any atom is 0.338 e. The molecular weight excluding hydrogens is 390 g/mol. The van der Waals surface area contributed by atoms with Crippen LogP contribution in [-0.2, 0) is 9.47 Å². The highest BCUT2D eigenvalue weighted by Crippen LogP contribution is 2.35. The number of benzene rings is 2. The van der Waals surface area contributed by atoms with E-state index in [4.69, 9.17) is 14.2 Å². The fraction of sp³-hybridized carbons (Fsp3) is 0.346. The zero-order valence-corrected chi connectivity index (χ0v) is 18.4. The van der Waals surface area contributed by atoms with E-state index in [0.717, 1.165) is 53.6 Å². The van der Waals surface area contributed by atoms with Gasteiger partial charge in [0.1, 0.15) is 5.75 Å². The van der Waals surface area contributed by atoms with Crippen LogP contribution in [0, 0.1) is 19.8 Å². The largest absolute Gasteiger partial charge is 0.493 e. The molecule has 1 saturated heterocycles. The molecule has 4 rings (SSSR count). The Morgan fingerprint density at radius 2 is 2.00 bits per heavy atom.